The number of nitrogens with two attached hydrogens (primary N) is 1. The molecule has 1 aliphatic rings. The molecule has 0 amide bonds. The largest absolute Gasteiger partial charge is 0.409 e. The number of amidine groups is 1. The van der Waals surface area contributed by atoms with Crippen LogP contribution in [0.25, 0.3) is 0 Å². The first-order valence-electron chi connectivity index (χ1n) is 6.36. The van der Waals surface area contributed by atoms with E-state index in [1.165, 1.54) is 0 Å². The molecule has 1 atom stereocenters. The Morgan fingerprint density at radius 2 is 2.20 bits per heavy atom. The summed E-state index contributed by atoms with van der Waals surface area (Å²) in [6, 6.07) is 5.55. The summed E-state index contributed by atoms with van der Waals surface area (Å²) in [5.74, 6) is 0.522. The molecular formula is C13H19N3O3S. The van der Waals surface area contributed by atoms with Gasteiger partial charge >= 0.3 is 0 Å². The Morgan fingerprint density at radius 3 is 2.70 bits per heavy atom. The van der Waals surface area contributed by atoms with Crippen LogP contribution in [0.3, 0.4) is 0 Å². The Bertz CT molecular complexity index is 640. The van der Waals surface area contributed by atoms with Gasteiger partial charge in [0.25, 0.3) is 0 Å². The molecule has 1 heterocycles. The van der Waals surface area contributed by atoms with Gasteiger partial charge in [0, 0.05) is 24.3 Å². The molecular weight excluding hydrogens is 278 g/mol. The van der Waals surface area contributed by atoms with Gasteiger partial charge in [-0.3, -0.25) is 0 Å². The molecule has 1 aromatic rings. The summed E-state index contributed by atoms with van der Waals surface area (Å²) >= 11 is 0. The second kappa shape index (κ2) is 5.32. The second-order valence-electron chi connectivity index (χ2n) is 5.15. The highest BCUT2D eigenvalue weighted by Gasteiger charge is 2.30. The summed E-state index contributed by atoms with van der Waals surface area (Å²) in [7, 11) is -1.01. The fraction of sp³-hybridized carbons (Fsp3) is 0.462. The van der Waals surface area contributed by atoms with Gasteiger partial charge in [-0.2, -0.15) is 0 Å². The van der Waals surface area contributed by atoms with E-state index >= 15 is 0 Å². The highest BCUT2D eigenvalue weighted by Crippen LogP contribution is 2.24. The lowest BCUT2D eigenvalue weighted by Crippen LogP contribution is -2.32. The van der Waals surface area contributed by atoms with Crippen molar-refractivity contribution in [1.29, 1.82) is 0 Å². The third kappa shape index (κ3) is 2.87. The predicted octanol–water partition coefficient (Wildman–Crippen LogP) is 0.713. The van der Waals surface area contributed by atoms with Crippen LogP contribution in [0, 0.1) is 6.92 Å². The van der Waals surface area contributed by atoms with Gasteiger partial charge in [-0.15, -0.1) is 0 Å². The highest BCUT2D eigenvalue weighted by atomic mass is 32.2. The number of benzene rings is 1. The third-order valence-electron chi connectivity index (χ3n) is 3.76. The van der Waals surface area contributed by atoms with E-state index < -0.39 is 9.84 Å². The molecule has 0 spiro atoms. The molecule has 110 valence electrons. The fourth-order valence-electron chi connectivity index (χ4n) is 2.50. The van der Waals surface area contributed by atoms with Crippen molar-refractivity contribution in [1.82, 2.24) is 0 Å². The Labute approximate surface area is 118 Å². The Balaban J connectivity index is 2.24. The van der Waals surface area contributed by atoms with Gasteiger partial charge in [-0.25, -0.2) is 8.42 Å². The van der Waals surface area contributed by atoms with Crippen molar-refractivity contribution >= 4 is 21.4 Å². The molecule has 1 aromatic carbocycles. The fourth-order valence-corrected chi connectivity index (χ4v) is 4.27. The van der Waals surface area contributed by atoms with Crippen LogP contribution in [0.15, 0.2) is 23.4 Å². The van der Waals surface area contributed by atoms with Gasteiger partial charge in [0.2, 0.25) is 0 Å². The standard InChI is InChI=1S/C13H19N3O3S/c1-9-7-10(3-4-12(9)13(14)15-17)16(2)11-5-6-20(18,19)8-11/h3-4,7,11,17H,5-6,8H2,1-2H3,(H2,14,15). The summed E-state index contributed by atoms with van der Waals surface area (Å²) in [5, 5.41) is 11.7. The zero-order chi connectivity index (χ0) is 14.9. The molecule has 0 aliphatic carbocycles. The SMILES string of the molecule is Cc1cc(N(C)C2CCS(=O)(=O)C2)ccc1/C(N)=N/O. The summed E-state index contributed by atoms with van der Waals surface area (Å²) in [5.41, 5.74) is 8.07. The van der Waals surface area contributed by atoms with Crippen LogP contribution in [0.4, 0.5) is 5.69 Å². The molecule has 0 aromatic heterocycles. The smallest absolute Gasteiger partial charge is 0.170 e. The maximum atomic E-state index is 11.5. The van der Waals surface area contributed by atoms with Crippen molar-refractivity contribution < 1.29 is 13.6 Å². The zero-order valence-electron chi connectivity index (χ0n) is 11.6. The summed E-state index contributed by atoms with van der Waals surface area (Å²) in [6.07, 6.45) is 0.653. The van der Waals surface area contributed by atoms with E-state index in [2.05, 4.69) is 5.16 Å². The molecule has 0 bridgehead atoms. The number of hydrogen-bond acceptors (Lipinski definition) is 5. The maximum Gasteiger partial charge on any atom is 0.170 e. The van der Waals surface area contributed by atoms with Gasteiger partial charge in [0.05, 0.1) is 11.5 Å². The molecule has 7 heteroatoms. The summed E-state index contributed by atoms with van der Waals surface area (Å²) in [6.45, 7) is 1.87. The third-order valence-corrected chi connectivity index (χ3v) is 5.51. The van der Waals surface area contributed by atoms with Gasteiger partial charge < -0.3 is 15.8 Å². The summed E-state index contributed by atoms with van der Waals surface area (Å²) in [4.78, 5) is 1.98. The highest BCUT2D eigenvalue weighted by molar-refractivity contribution is 7.91. The van der Waals surface area contributed by atoms with Crippen molar-refractivity contribution in [2.75, 3.05) is 23.5 Å². The molecule has 2 rings (SSSR count). The Hall–Kier alpha value is -1.76. The number of rotatable bonds is 3. The van der Waals surface area contributed by atoms with Crippen LogP contribution in [-0.4, -0.2) is 44.1 Å². The molecule has 1 unspecified atom stereocenters. The minimum Gasteiger partial charge on any atom is -0.409 e. The van der Waals surface area contributed by atoms with Crippen molar-refractivity contribution in [3.05, 3.63) is 29.3 Å². The van der Waals surface area contributed by atoms with Crippen LogP contribution < -0.4 is 10.6 Å². The lowest BCUT2D eigenvalue weighted by Gasteiger charge is -2.26. The number of oxime groups is 1. The minimum atomic E-state index is -2.90. The lowest BCUT2D eigenvalue weighted by molar-refractivity contribution is 0.318. The van der Waals surface area contributed by atoms with E-state index in [9.17, 15) is 8.42 Å². The van der Waals surface area contributed by atoms with Crippen molar-refractivity contribution in [3.63, 3.8) is 0 Å². The molecule has 3 N–H and O–H groups in total. The molecule has 1 saturated heterocycles. The van der Waals surface area contributed by atoms with Gasteiger partial charge in [-0.05, 0) is 37.1 Å². The molecule has 6 nitrogen and oxygen atoms in total. The number of aryl methyl sites for hydroxylation is 1. The molecule has 20 heavy (non-hydrogen) atoms. The normalized spacial score (nSPS) is 21.9. The van der Waals surface area contributed by atoms with E-state index in [-0.39, 0.29) is 23.4 Å². The van der Waals surface area contributed by atoms with E-state index in [0.29, 0.717) is 12.0 Å². The Morgan fingerprint density at radius 1 is 1.50 bits per heavy atom. The topological polar surface area (TPSA) is 96.0 Å². The average molecular weight is 297 g/mol. The van der Waals surface area contributed by atoms with Crippen LogP contribution >= 0.6 is 0 Å². The van der Waals surface area contributed by atoms with Gasteiger partial charge in [0.1, 0.15) is 0 Å². The minimum absolute atomic E-state index is 0.00843. The van der Waals surface area contributed by atoms with Crippen molar-refractivity contribution in [3.8, 4) is 0 Å². The predicted molar refractivity (Wildman–Crippen MR) is 79.2 cm³/mol. The first kappa shape index (κ1) is 14.6. The van der Waals surface area contributed by atoms with Crippen molar-refractivity contribution in [2.45, 2.75) is 19.4 Å². The quantitative estimate of drug-likeness (QED) is 0.371. The van der Waals surface area contributed by atoms with E-state index in [4.69, 9.17) is 10.9 Å². The number of nitrogens with zero attached hydrogens (tertiary/aromatic N) is 2. The molecule has 0 saturated carbocycles. The maximum absolute atomic E-state index is 11.5. The second-order valence-corrected chi connectivity index (χ2v) is 7.38. The van der Waals surface area contributed by atoms with Crippen LogP contribution in [0.2, 0.25) is 0 Å². The number of anilines is 1. The van der Waals surface area contributed by atoms with E-state index in [0.717, 1.165) is 11.3 Å². The van der Waals surface area contributed by atoms with Crippen LogP contribution in [-0.2, 0) is 9.84 Å². The van der Waals surface area contributed by atoms with E-state index in [1.54, 1.807) is 6.07 Å². The summed E-state index contributed by atoms with van der Waals surface area (Å²) < 4.78 is 23.1. The zero-order valence-corrected chi connectivity index (χ0v) is 12.4. The molecule has 0 radical (unpaired) electrons. The molecule has 1 fully saturated rings. The van der Waals surface area contributed by atoms with Crippen molar-refractivity contribution in [2.24, 2.45) is 10.9 Å². The Kier molecular flexibility index (Phi) is 3.89. The lowest BCUT2D eigenvalue weighted by atomic mass is 10.1. The van der Waals surface area contributed by atoms with Crippen LogP contribution in [0.1, 0.15) is 17.5 Å². The monoisotopic (exact) mass is 297 g/mol. The first-order valence-corrected chi connectivity index (χ1v) is 8.18. The van der Waals surface area contributed by atoms with E-state index in [1.807, 2.05) is 31.0 Å². The average Bonchev–Trinajstić information content (AvgIpc) is 2.77. The number of hydrogen-bond donors (Lipinski definition) is 2. The first-order chi connectivity index (χ1) is 9.34. The van der Waals surface area contributed by atoms with Crippen LogP contribution in [0.5, 0.6) is 0 Å². The van der Waals surface area contributed by atoms with Gasteiger partial charge in [-0.1, -0.05) is 5.16 Å². The molecule has 1 aliphatic heterocycles. The number of sulfone groups is 1. The van der Waals surface area contributed by atoms with Gasteiger partial charge in [0.15, 0.2) is 15.7 Å².